The first-order chi connectivity index (χ1) is 18.6. The van der Waals surface area contributed by atoms with E-state index in [0.29, 0.717) is 44.0 Å². The Balaban J connectivity index is 2.25. The average molecular weight is 546 g/mol. The molecule has 2 rings (SSSR count). The molecule has 4 amide bonds. The molecule has 0 unspecified atom stereocenters. The number of amides is 4. The van der Waals surface area contributed by atoms with Crippen LogP contribution in [0.3, 0.4) is 0 Å². The number of ether oxygens (including phenoxy) is 1. The van der Waals surface area contributed by atoms with Gasteiger partial charge in [0.25, 0.3) is 5.91 Å². The molecule has 3 N–H and O–H groups in total. The van der Waals surface area contributed by atoms with Crippen molar-refractivity contribution in [1.82, 2.24) is 25.8 Å². The van der Waals surface area contributed by atoms with Crippen molar-refractivity contribution in [2.75, 3.05) is 47.4 Å². The molecule has 1 heterocycles. The van der Waals surface area contributed by atoms with Gasteiger partial charge in [0.1, 0.15) is 17.8 Å². The van der Waals surface area contributed by atoms with Crippen LogP contribution in [0.4, 0.5) is 0 Å². The molecule has 0 fully saturated rings. The van der Waals surface area contributed by atoms with Crippen molar-refractivity contribution in [3.63, 3.8) is 0 Å². The lowest BCUT2D eigenvalue weighted by Crippen LogP contribution is -2.50. The normalized spacial score (nSPS) is 20.7. The molecule has 0 saturated carbocycles. The van der Waals surface area contributed by atoms with E-state index in [1.165, 1.54) is 0 Å². The summed E-state index contributed by atoms with van der Waals surface area (Å²) in [6, 6.07) is 5.40. The summed E-state index contributed by atoms with van der Waals surface area (Å²) in [6.45, 7) is 6.13. The summed E-state index contributed by atoms with van der Waals surface area (Å²) in [6.07, 6.45) is 4.13. The van der Waals surface area contributed by atoms with E-state index in [4.69, 9.17) is 4.74 Å². The zero-order valence-electron chi connectivity index (χ0n) is 24.3. The van der Waals surface area contributed by atoms with Gasteiger partial charge in [0, 0.05) is 33.1 Å². The number of nitrogens with one attached hydrogen (secondary N) is 3. The molecular formula is C29H47N5O5. The van der Waals surface area contributed by atoms with Gasteiger partial charge in [-0.05, 0) is 57.8 Å². The first-order valence-corrected chi connectivity index (χ1v) is 14.1. The van der Waals surface area contributed by atoms with E-state index in [1.54, 1.807) is 36.2 Å². The molecule has 1 aromatic rings. The number of likely N-dealkylation sites (N-methyl/N-ethyl adjacent to an activating group) is 2. The van der Waals surface area contributed by atoms with Gasteiger partial charge >= 0.3 is 0 Å². The molecule has 218 valence electrons. The predicted octanol–water partition coefficient (Wildman–Crippen LogP) is 2.19. The van der Waals surface area contributed by atoms with Crippen LogP contribution < -0.4 is 20.7 Å². The lowest BCUT2D eigenvalue weighted by molar-refractivity contribution is -0.136. The minimum atomic E-state index is -0.928. The van der Waals surface area contributed by atoms with E-state index in [1.807, 2.05) is 32.8 Å². The third-order valence-corrected chi connectivity index (χ3v) is 6.63. The van der Waals surface area contributed by atoms with E-state index in [0.717, 1.165) is 25.7 Å². The Kier molecular flexibility index (Phi) is 13.8. The molecular weight excluding hydrogens is 498 g/mol. The van der Waals surface area contributed by atoms with Gasteiger partial charge in [-0.2, -0.15) is 0 Å². The van der Waals surface area contributed by atoms with Crippen LogP contribution in [0.1, 0.15) is 69.2 Å². The second kappa shape index (κ2) is 16.7. The summed E-state index contributed by atoms with van der Waals surface area (Å²) in [7, 11) is 5.58. The Hall–Kier alpha value is -3.14. The molecule has 0 bridgehead atoms. The van der Waals surface area contributed by atoms with Crippen molar-refractivity contribution in [3.05, 3.63) is 29.8 Å². The van der Waals surface area contributed by atoms with E-state index in [2.05, 4.69) is 16.0 Å². The number of carbonyl (C=O) groups is 4. The Morgan fingerprint density at radius 1 is 1.10 bits per heavy atom. The van der Waals surface area contributed by atoms with Crippen LogP contribution in [0.5, 0.6) is 5.75 Å². The third kappa shape index (κ3) is 11.6. The summed E-state index contributed by atoms with van der Waals surface area (Å²) in [4.78, 5) is 56.0. The average Bonchev–Trinajstić information content (AvgIpc) is 2.88. The molecule has 0 aliphatic carbocycles. The zero-order chi connectivity index (χ0) is 28.8. The number of nitrogens with zero attached hydrogens (tertiary/aromatic N) is 2. The van der Waals surface area contributed by atoms with E-state index >= 15 is 0 Å². The third-order valence-electron chi connectivity index (χ3n) is 6.63. The first kappa shape index (κ1) is 32.1. The molecule has 1 aliphatic heterocycles. The van der Waals surface area contributed by atoms with Crippen LogP contribution in [0.15, 0.2) is 24.3 Å². The van der Waals surface area contributed by atoms with Crippen molar-refractivity contribution in [2.24, 2.45) is 5.92 Å². The number of hydrogen-bond acceptors (Lipinski definition) is 6. The maximum atomic E-state index is 13.2. The van der Waals surface area contributed by atoms with Gasteiger partial charge in [-0.1, -0.05) is 38.8 Å². The highest BCUT2D eigenvalue weighted by molar-refractivity contribution is 5.99. The van der Waals surface area contributed by atoms with Gasteiger partial charge in [0.15, 0.2) is 0 Å². The monoisotopic (exact) mass is 545 g/mol. The summed E-state index contributed by atoms with van der Waals surface area (Å²) in [5.41, 5.74) is 0.343. The number of carbonyl (C=O) groups excluding carboxylic acids is 4. The zero-order valence-corrected chi connectivity index (χ0v) is 24.3. The fraction of sp³-hybridized carbons (Fsp3) is 0.655. The molecule has 0 radical (unpaired) electrons. The highest BCUT2D eigenvalue weighted by atomic mass is 16.5. The van der Waals surface area contributed by atoms with Crippen LogP contribution >= 0.6 is 0 Å². The van der Waals surface area contributed by atoms with Crippen molar-refractivity contribution in [3.8, 4) is 5.75 Å². The number of rotatable bonds is 6. The van der Waals surface area contributed by atoms with Crippen LogP contribution in [0.25, 0.3) is 0 Å². The van der Waals surface area contributed by atoms with Crippen molar-refractivity contribution >= 4 is 23.6 Å². The number of hydrogen-bond donors (Lipinski definition) is 3. The molecule has 0 spiro atoms. The molecule has 0 saturated heterocycles. The van der Waals surface area contributed by atoms with E-state index in [9.17, 15) is 19.2 Å². The highest BCUT2D eigenvalue weighted by Crippen LogP contribution is 2.19. The number of para-hydroxylation sites is 1. The molecule has 2 atom stereocenters. The highest BCUT2D eigenvalue weighted by Gasteiger charge is 2.27. The fourth-order valence-electron chi connectivity index (χ4n) is 4.41. The molecule has 39 heavy (non-hydrogen) atoms. The summed E-state index contributed by atoms with van der Waals surface area (Å²) in [5, 5.41) is 8.54. The topological polar surface area (TPSA) is 120 Å². The van der Waals surface area contributed by atoms with Crippen LogP contribution in [0, 0.1) is 5.92 Å². The smallest absolute Gasteiger partial charge is 0.255 e. The van der Waals surface area contributed by atoms with Gasteiger partial charge in [-0.25, -0.2) is 0 Å². The Labute approximate surface area is 233 Å². The van der Waals surface area contributed by atoms with Crippen LogP contribution in [-0.2, 0) is 14.4 Å². The maximum Gasteiger partial charge on any atom is 0.255 e. The van der Waals surface area contributed by atoms with Gasteiger partial charge in [0.2, 0.25) is 17.7 Å². The van der Waals surface area contributed by atoms with Crippen LogP contribution in [-0.4, -0.2) is 92.9 Å². The van der Waals surface area contributed by atoms with Crippen molar-refractivity contribution in [2.45, 2.75) is 70.9 Å². The number of fused-ring (bicyclic) bond motifs is 1. The summed E-state index contributed by atoms with van der Waals surface area (Å²) >= 11 is 0. The van der Waals surface area contributed by atoms with Gasteiger partial charge in [-0.15, -0.1) is 0 Å². The van der Waals surface area contributed by atoms with Crippen molar-refractivity contribution < 1.29 is 23.9 Å². The lowest BCUT2D eigenvalue weighted by Gasteiger charge is -2.26. The Morgan fingerprint density at radius 3 is 2.54 bits per heavy atom. The van der Waals surface area contributed by atoms with Gasteiger partial charge in [0.05, 0.1) is 12.2 Å². The summed E-state index contributed by atoms with van der Waals surface area (Å²) < 4.78 is 5.92. The van der Waals surface area contributed by atoms with E-state index in [-0.39, 0.29) is 36.5 Å². The lowest BCUT2D eigenvalue weighted by atomic mass is 10.0. The maximum absolute atomic E-state index is 13.2. The molecule has 10 nitrogen and oxygen atoms in total. The van der Waals surface area contributed by atoms with E-state index < -0.39 is 18.0 Å². The SMILES string of the molecule is CC(C)C[C@@H]1NC(=O)CC[C@@H](C(=O)NCCN(C)C)NC(=O)c2ccccc2OCCCCCCN(C)C1=O. The Morgan fingerprint density at radius 2 is 1.82 bits per heavy atom. The minimum absolute atomic E-state index is 0.0181. The quantitative estimate of drug-likeness (QED) is 0.504. The summed E-state index contributed by atoms with van der Waals surface area (Å²) in [5.74, 6) is -0.574. The second-order valence-electron chi connectivity index (χ2n) is 10.9. The second-order valence-corrected chi connectivity index (χ2v) is 10.9. The molecule has 1 aliphatic rings. The first-order valence-electron chi connectivity index (χ1n) is 14.1. The predicted molar refractivity (Wildman–Crippen MR) is 151 cm³/mol. The standard InChI is InChI=1S/C29H47N5O5/c1-21(2)20-24-29(38)34(5)17-10-6-7-11-19-39-25-13-9-8-12-22(25)27(36)32-23(14-15-26(35)31-24)28(37)30-16-18-33(3)4/h8-9,12-13,21,23-24H,6-7,10-11,14-20H2,1-5H3,(H,30,37)(H,31,35)(H,32,36)/t23-,24-/m0/s1. The minimum Gasteiger partial charge on any atom is -0.493 e. The van der Waals surface area contributed by atoms with Crippen molar-refractivity contribution in [1.29, 1.82) is 0 Å². The molecule has 10 heteroatoms. The molecule has 1 aromatic carbocycles. The largest absolute Gasteiger partial charge is 0.493 e. The molecule has 0 aromatic heterocycles. The van der Waals surface area contributed by atoms with Gasteiger partial charge in [-0.3, -0.25) is 19.2 Å². The van der Waals surface area contributed by atoms with Crippen LogP contribution in [0.2, 0.25) is 0 Å². The Bertz CT molecular complexity index is 952. The fourth-order valence-corrected chi connectivity index (χ4v) is 4.41. The van der Waals surface area contributed by atoms with Gasteiger partial charge < -0.3 is 30.5 Å². The number of benzene rings is 1.